The maximum Gasteiger partial charge on any atom is -1.00 e. The van der Waals surface area contributed by atoms with Gasteiger partial charge < -0.3 is 24.8 Å². The van der Waals surface area contributed by atoms with Gasteiger partial charge in [-0.05, 0) is 58.4 Å². The Balaban J connectivity index is 0.000000229. The molecule has 49 heavy (non-hydrogen) atoms. The molecule has 0 bridgehead atoms. The van der Waals surface area contributed by atoms with E-state index in [1.807, 2.05) is 6.07 Å². The second-order valence-electron chi connectivity index (χ2n) is 16.1. The number of aryl methyl sites for hydroxylation is 1. The predicted molar refractivity (Wildman–Crippen MR) is 202 cm³/mol. The Morgan fingerprint density at radius 3 is 1.96 bits per heavy atom. The van der Waals surface area contributed by atoms with Gasteiger partial charge in [0.2, 0.25) is 0 Å². The van der Waals surface area contributed by atoms with Gasteiger partial charge in [0.15, 0.2) is 0 Å². The van der Waals surface area contributed by atoms with Gasteiger partial charge in [0.1, 0.15) is 0 Å². The smallest absolute Gasteiger partial charge is 1.00 e. The van der Waals surface area contributed by atoms with Crippen molar-refractivity contribution < 1.29 is 49.0 Å². The van der Waals surface area contributed by atoms with E-state index in [1.54, 1.807) is 0 Å². The van der Waals surface area contributed by atoms with E-state index in [2.05, 4.69) is 155 Å². The molecule has 0 saturated heterocycles. The van der Waals surface area contributed by atoms with Crippen molar-refractivity contribution in [1.82, 2.24) is 0 Å². The van der Waals surface area contributed by atoms with Crippen LogP contribution in [0.15, 0.2) is 78.9 Å². The molecule has 4 aromatic carbocycles. The van der Waals surface area contributed by atoms with Crippen LogP contribution < -0.4 is 24.8 Å². The first-order valence-electron chi connectivity index (χ1n) is 17.6. The molecule has 0 aliphatic heterocycles. The maximum atomic E-state index is 3.65. The summed E-state index contributed by atoms with van der Waals surface area (Å²) < 4.78 is 1.46. The summed E-state index contributed by atoms with van der Waals surface area (Å²) in [5.41, 5.74) is 19.2. The minimum Gasteiger partial charge on any atom is -1.00 e. The van der Waals surface area contributed by atoms with Gasteiger partial charge in [0, 0.05) is 5.41 Å². The molecule has 7 rings (SSSR count). The van der Waals surface area contributed by atoms with Gasteiger partial charge in [0.25, 0.3) is 0 Å². The van der Waals surface area contributed by atoms with E-state index in [1.165, 1.54) is 119 Å². The molecule has 3 heteroatoms. The number of hydrogen-bond acceptors (Lipinski definition) is 0. The van der Waals surface area contributed by atoms with Crippen LogP contribution in [-0.4, -0.2) is 3.21 Å². The van der Waals surface area contributed by atoms with Gasteiger partial charge in [-0.15, -0.1) is 11.6 Å². The van der Waals surface area contributed by atoms with Crippen molar-refractivity contribution in [2.45, 2.75) is 118 Å². The van der Waals surface area contributed by atoms with Crippen molar-refractivity contribution in [3.63, 3.8) is 0 Å². The molecule has 0 atom stereocenters. The summed E-state index contributed by atoms with van der Waals surface area (Å²) in [6.45, 7) is 24.9. The van der Waals surface area contributed by atoms with E-state index in [9.17, 15) is 0 Å². The van der Waals surface area contributed by atoms with E-state index in [4.69, 9.17) is 0 Å². The second-order valence-corrected chi connectivity index (χ2v) is 17.9. The number of allylic oxidation sites excluding steroid dienone is 4. The topological polar surface area (TPSA) is 0 Å². The maximum absolute atomic E-state index is 3.65. The average Bonchev–Trinajstić information content (AvgIpc) is 3.73. The van der Waals surface area contributed by atoms with Crippen LogP contribution in [0.2, 0.25) is 0 Å². The Labute approximate surface area is 325 Å². The molecule has 0 aromatic heterocycles. The Bertz CT molecular complexity index is 1770. The summed E-state index contributed by atoms with van der Waals surface area (Å²) in [6, 6.07) is 27.2. The number of benzene rings is 3. The third-order valence-corrected chi connectivity index (χ3v) is 10.9. The fourth-order valence-electron chi connectivity index (χ4n) is 7.46. The van der Waals surface area contributed by atoms with Crippen LogP contribution in [0, 0.1) is 6.08 Å². The summed E-state index contributed by atoms with van der Waals surface area (Å²) >= 11 is 1.51. The fraction of sp³-hybridized carbons (Fsp3) is 0.391. The van der Waals surface area contributed by atoms with Crippen LogP contribution >= 0.6 is 0 Å². The minimum atomic E-state index is 0. The average molecular weight is 769 g/mol. The molecule has 0 fully saturated rings. The van der Waals surface area contributed by atoms with Crippen LogP contribution in [0.25, 0.3) is 22.3 Å². The van der Waals surface area contributed by atoms with Gasteiger partial charge in [-0.2, -0.15) is 28.8 Å². The standard InChI is InChI=1S/C25H25.C13H21.C8H8.2ClH.Zr/c1-14-12-24(3,4)22-8-16-7-17-9-23-19(15(2)13-25(23,5)6)11-21(17)20(16)10-18(14)22;1-5-6-7-11-8-9-12(10-11)13(2,3)4;1-2-8-6-4-3-5-7-8;;;/h8-12H,7H2,1-6H3;8-10H,5-7H2,1-4H3;3-7H,1H3;2*1H;/q2*-1;;;;+2/p-2. The largest absolute Gasteiger partial charge is 1.00 e. The van der Waals surface area contributed by atoms with Crippen LogP contribution in [0.3, 0.4) is 0 Å². The summed E-state index contributed by atoms with van der Waals surface area (Å²) in [5.74, 6) is 0. The van der Waals surface area contributed by atoms with Crippen LogP contribution in [0.5, 0.6) is 0 Å². The van der Waals surface area contributed by atoms with E-state index < -0.39 is 0 Å². The van der Waals surface area contributed by atoms with Crippen LogP contribution in [0.4, 0.5) is 0 Å². The molecule has 0 radical (unpaired) electrons. The number of unbranched alkanes of at least 4 members (excludes halogenated alkanes) is 1. The zero-order chi connectivity index (χ0) is 34.3. The van der Waals surface area contributed by atoms with E-state index in [0.717, 1.165) is 6.42 Å². The zero-order valence-electron chi connectivity index (χ0n) is 31.6. The predicted octanol–water partition coefficient (Wildman–Crippen LogP) is 6.28. The van der Waals surface area contributed by atoms with Crippen LogP contribution in [0.1, 0.15) is 139 Å². The Kier molecular flexibility index (Phi) is 13.5. The molecule has 0 nitrogen and oxygen atoms in total. The van der Waals surface area contributed by atoms with Crippen molar-refractivity contribution in [1.29, 1.82) is 0 Å². The Hall–Kier alpha value is -2.18. The number of halogens is 2. The van der Waals surface area contributed by atoms with Gasteiger partial charge in [0.05, 0.1) is 0 Å². The molecule has 0 saturated carbocycles. The molecule has 0 unspecified atom stereocenters. The minimum absolute atomic E-state index is 0. The Morgan fingerprint density at radius 1 is 0.837 bits per heavy atom. The van der Waals surface area contributed by atoms with Crippen molar-refractivity contribution in [2.24, 2.45) is 0 Å². The molecular formula is C46H54Cl2Zr-2. The molecule has 0 amide bonds. The van der Waals surface area contributed by atoms with E-state index in [-0.39, 0.29) is 35.6 Å². The molecular weight excluding hydrogens is 715 g/mol. The second kappa shape index (κ2) is 16.0. The zero-order valence-corrected chi connectivity index (χ0v) is 35.6. The molecule has 3 aliphatic carbocycles. The Morgan fingerprint density at radius 2 is 1.43 bits per heavy atom. The number of hydrogen-bond donors (Lipinski definition) is 0. The van der Waals surface area contributed by atoms with Gasteiger partial charge >= 0.3 is 70.3 Å². The summed E-state index contributed by atoms with van der Waals surface area (Å²) in [4.78, 5) is 0. The van der Waals surface area contributed by atoms with Crippen molar-refractivity contribution in [3.05, 3.63) is 135 Å². The third-order valence-electron chi connectivity index (χ3n) is 10.1. The quantitative estimate of drug-likeness (QED) is 0.189. The van der Waals surface area contributed by atoms with Gasteiger partial charge in [-0.1, -0.05) is 111 Å². The number of rotatable bonds is 4. The first kappa shape index (κ1) is 41.2. The van der Waals surface area contributed by atoms with E-state index >= 15 is 0 Å². The van der Waals surface area contributed by atoms with Crippen LogP contribution in [-0.2, 0) is 53.3 Å². The summed E-state index contributed by atoms with van der Waals surface area (Å²) in [6.07, 6.45) is 11.0. The van der Waals surface area contributed by atoms with Gasteiger partial charge in [-0.3, -0.25) is 6.08 Å². The molecule has 3 aliphatic rings. The van der Waals surface area contributed by atoms with Gasteiger partial charge in [-0.25, -0.2) is 11.6 Å². The molecule has 258 valence electrons. The SMILES string of the molecule is CC1=[C-]C(C)(C)c2cc3c(cc21)-c1cc2c(cc1C3)C(C)(C)C=C2C.CCCCc1cc(C(C)(C)C)c[cH-]1.C[C](=[Zr+2])c1ccccc1.[Cl-].[Cl-]. The molecule has 0 heterocycles. The first-order chi connectivity index (χ1) is 22.0. The molecule has 0 spiro atoms. The van der Waals surface area contributed by atoms with Crippen molar-refractivity contribution in [2.75, 3.05) is 0 Å². The van der Waals surface area contributed by atoms with E-state index in [0.29, 0.717) is 5.41 Å². The van der Waals surface area contributed by atoms with Crippen molar-refractivity contribution in [3.8, 4) is 11.1 Å². The number of fused-ring (bicyclic) bond motifs is 5. The normalized spacial score (nSPS) is 15.4. The van der Waals surface area contributed by atoms with Crippen molar-refractivity contribution >= 4 is 14.4 Å². The summed E-state index contributed by atoms with van der Waals surface area (Å²) in [5, 5.41) is 0. The third kappa shape index (κ3) is 9.01. The molecule has 4 aromatic rings. The fourth-order valence-corrected chi connectivity index (χ4v) is 7.87. The summed E-state index contributed by atoms with van der Waals surface area (Å²) in [7, 11) is 0. The molecule has 0 N–H and O–H groups in total. The first-order valence-corrected chi connectivity index (χ1v) is 18.8. The monoisotopic (exact) mass is 766 g/mol.